The van der Waals surface area contributed by atoms with Crippen LogP contribution in [0.2, 0.25) is 0 Å². The highest BCUT2D eigenvalue weighted by Crippen LogP contribution is 2.31. The van der Waals surface area contributed by atoms with Gasteiger partial charge in [-0.15, -0.1) is 0 Å². The van der Waals surface area contributed by atoms with E-state index in [2.05, 4.69) is 14.9 Å². The highest BCUT2D eigenvalue weighted by molar-refractivity contribution is 5.99. The monoisotopic (exact) mass is 532 g/mol. The van der Waals surface area contributed by atoms with Gasteiger partial charge in [0.1, 0.15) is 17.9 Å². The van der Waals surface area contributed by atoms with Gasteiger partial charge in [0, 0.05) is 49.5 Å². The smallest absolute Gasteiger partial charge is 0.312 e. The van der Waals surface area contributed by atoms with Gasteiger partial charge in [0.25, 0.3) is 5.56 Å². The Morgan fingerprint density at radius 3 is 2.36 bits per heavy atom. The number of hydrogen-bond donors (Lipinski definition) is 1. The lowest BCUT2D eigenvalue weighted by Crippen LogP contribution is -2.49. The van der Waals surface area contributed by atoms with E-state index in [0.717, 1.165) is 42.5 Å². The maximum atomic E-state index is 13.4. The molecule has 1 aliphatic carbocycles. The molecular formula is C28H32N6O5. The average molecular weight is 533 g/mol. The number of aromatic nitrogens is 4. The highest BCUT2D eigenvalue weighted by Gasteiger charge is 2.26. The molecule has 3 aromatic heterocycles. The molecule has 5 rings (SSSR count). The van der Waals surface area contributed by atoms with Crippen molar-refractivity contribution in [2.45, 2.75) is 58.4 Å². The zero-order valence-corrected chi connectivity index (χ0v) is 22.2. The van der Waals surface area contributed by atoms with Crippen LogP contribution in [0.15, 0.2) is 29.3 Å². The fourth-order valence-electron chi connectivity index (χ4n) is 5.69. The molecule has 11 heteroatoms. The van der Waals surface area contributed by atoms with Crippen LogP contribution in [0.25, 0.3) is 11.0 Å². The number of pyridine rings is 2. The summed E-state index contributed by atoms with van der Waals surface area (Å²) in [5.74, 6) is -1.17. The number of amides is 1. The number of fused-ring (bicyclic) bond motifs is 1. The van der Waals surface area contributed by atoms with Crippen molar-refractivity contribution >= 4 is 34.4 Å². The number of aryl methyl sites for hydroxylation is 1. The Balaban J connectivity index is 1.35. The van der Waals surface area contributed by atoms with E-state index in [1.165, 1.54) is 6.92 Å². The molecule has 1 N–H and O–H groups in total. The Bertz CT molecular complexity index is 1490. The van der Waals surface area contributed by atoms with E-state index in [9.17, 15) is 19.2 Å². The normalized spacial score (nSPS) is 16.2. The molecule has 0 aromatic carbocycles. The van der Waals surface area contributed by atoms with Gasteiger partial charge >= 0.3 is 5.97 Å². The minimum Gasteiger partial charge on any atom is -0.481 e. The second-order valence-corrected chi connectivity index (χ2v) is 10.3. The van der Waals surface area contributed by atoms with Crippen molar-refractivity contribution in [2.75, 3.05) is 31.1 Å². The van der Waals surface area contributed by atoms with Gasteiger partial charge in [-0.1, -0.05) is 12.8 Å². The van der Waals surface area contributed by atoms with E-state index >= 15 is 0 Å². The molecule has 204 valence electrons. The number of aliphatic carboxylic acids is 1. The number of carbonyl (C=O) groups is 3. The summed E-state index contributed by atoms with van der Waals surface area (Å²) in [6.07, 6.45) is 7.27. The number of hydrogen-bond acceptors (Lipinski definition) is 8. The number of carboxylic acids is 1. The molecule has 0 bridgehead atoms. The minimum absolute atomic E-state index is 0.0266. The Morgan fingerprint density at radius 2 is 1.74 bits per heavy atom. The van der Waals surface area contributed by atoms with E-state index in [4.69, 9.17) is 10.1 Å². The van der Waals surface area contributed by atoms with E-state index in [0.29, 0.717) is 49.6 Å². The number of piperazine rings is 1. The molecule has 0 atom stereocenters. The van der Waals surface area contributed by atoms with Gasteiger partial charge in [-0.25, -0.2) is 9.97 Å². The third-order valence-corrected chi connectivity index (χ3v) is 7.75. The second-order valence-electron chi connectivity index (χ2n) is 10.3. The molecule has 11 nitrogen and oxygen atoms in total. The molecule has 4 heterocycles. The SMILES string of the molecule is CC(=O)c1c(C)c2cnc(Cc3ccc(N4CCN(C(=O)CC(=O)O)CC4)cn3)nc2n(C2CCCC2)c1=O. The van der Waals surface area contributed by atoms with Gasteiger partial charge in [0.15, 0.2) is 5.78 Å². The van der Waals surface area contributed by atoms with Gasteiger partial charge in [0.2, 0.25) is 5.91 Å². The first-order valence-corrected chi connectivity index (χ1v) is 13.3. The molecule has 1 amide bonds. The van der Waals surface area contributed by atoms with Crippen LogP contribution in [0.4, 0.5) is 5.69 Å². The van der Waals surface area contributed by atoms with Crippen LogP contribution in [-0.2, 0) is 16.0 Å². The number of anilines is 1. The van der Waals surface area contributed by atoms with Crippen molar-refractivity contribution in [1.29, 1.82) is 0 Å². The van der Waals surface area contributed by atoms with Crippen LogP contribution in [0, 0.1) is 6.92 Å². The maximum Gasteiger partial charge on any atom is 0.312 e. The largest absolute Gasteiger partial charge is 0.481 e. The van der Waals surface area contributed by atoms with Crippen LogP contribution < -0.4 is 10.5 Å². The lowest BCUT2D eigenvalue weighted by Gasteiger charge is -2.35. The van der Waals surface area contributed by atoms with E-state index in [1.54, 1.807) is 28.8 Å². The number of Topliss-reactive ketones (excluding diaryl/α,β-unsaturated/α-hetero) is 1. The van der Waals surface area contributed by atoms with E-state index in [-0.39, 0.29) is 28.9 Å². The Hall–Kier alpha value is -4.15. The molecule has 39 heavy (non-hydrogen) atoms. The van der Waals surface area contributed by atoms with Crippen molar-refractivity contribution in [3.63, 3.8) is 0 Å². The van der Waals surface area contributed by atoms with Gasteiger partial charge in [0.05, 0.1) is 23.9 Å². The van der Waals surface area contributed by atoms with Crippen molar-refractivity contribution in [3.05, 3.63) is 57.5 Å². The number of rotatable bonds is 7. The molecular weight excluding hydrogens is 500 g/mol. The van der Waals surface area contributed by atoms with Crippen molar-refractivity contribution in [3.8, 4) is 0 Å². The zero-order chi connectivity index (χ0) is 27.7. The summed E-state index contributed by atoms with van der Waals surface area (Å²) in [4.78, 5) is 66.2. The summed E-state index contributed by atoms with van der Waals surface area (Å²) >= 11 is 0. The maximum absolute atomic E-state index is 13.4. The number of ketones is 1. The first-order valence-electron chi connectivity index (χ1n) is 13.3. The third kappa shape index (κ3) is 5.39. The summed E-state index contributed by atoms with van der Waals surface area (Å²) < 4.78 is 1.72. The predicted octanol–water partition coefficient (Wildman–Crippen LogP) is 2.53. The predicted molar refractivity (Wildman–Crippen MR) is 144 cm³/mol. The fourth-order valence-corrected chi connectivity index (χ4v) is 5.69. The topological polar surface area (TPSA) is 139 Å². The summed E-state index contributed by atoms with van der Waals surface area (Å²) in [5.41, 5.74) is 2.85. The van der Waals surface area contributed by atoms with Crippen LogP contribution >= 0.6 is 0 Å². The van der Waals surface area contributed by atoms with Crippen LogP contribution in [-0.4, -0.2) is 73.4 Å². The Kier molecular flexibility index (Phi) is 7.40. The highest BCUT2D eigenvalue weighted by atomic mass is 16.4. The Labute approximate surface area is 225 Å². The molecule has 3 aromatic rings. The van der Waals surface area contributed by atoms with Crippen LogP contribution in [0.1, 0.15) is 72.5 Å². The first kappa shape index (κ1) is 26.5. The first-order chi connectivity index (χ1) is 18.7. The number of carbonyl (C=O) groups excluding carboxylic acids is 2. The summed E-state index contributed by atoms with van der Waals surface area (Å²) in [7, 11) is 0. The number of nitrogens with zero attached hydrogens (tertiary/aromatic N) is 6. The molecule has 1 saturated carbocycles. The minimum atomic E-state index is -1.12. The lowest BCUT2D eigenvalue weighted by atomic mass is 10.0. The average Bonchev–Trinajstić information content (AvgIpc) is 3.43. The summed E-state index contributed by atoms with van der Waals surface area (Å²) in [6.45, 7) is 5.34. The second kappa shape index (κ2) is 10.9. The number of carboxylic acid groups (broad SMARTS) is 1. The zero-order valence-electron chi connectivity index (χ0n) is 22.2. The molecule has 1 saturated heterocycles. The third-order valence-electron chi connectivity index (χ3n) is 7.75. The van der Waals surface area contributed by atoms with Crippen molar-refractivity contribution in [2.24, 2.45) is 0 Å². The van der Waals surface area contributed by atoms with Crippen molar-refractivity contribution < 1.29 is 19.5 Å². The summed E-state index contributed by atoms with van der Waals surface area (Å²) in [6, 6.07) is 3.91. The van der Waals surface area contributed by atoms with Gasteiger partial charge < -0.3 is 14.9 Å². The molecule has 2 aliphatic rings. The van der Waals surface area contributed by atoms with Crippen LogP contribution in [0.5, 0.6) is 0 Å². The van der Waals surface area contributed by atoms with E-state index in [1.807, 2.05) is 12.1 Å². The Morgan fingerprint density at radius 1 is 1.03 bits per heavy atom. The van der Waals surface area contributed by atoms with E-state index < -0.39 is 12.4 Å². The molecule has 0 spiro atoms. The molecule has 0 radical (unpaired) electrons. The lowest BCUT2D eigenvalue weighted by molar-refractivity contribution is -0.144. The molecule has 0 unspecified atom stereocenters. The van der Waals surface area contributed by atoms with Crippen LogP contribution in [0.3, 0.4) is 0 Å². The summed E-state index contributed by atoms with van der Waals surface area (Å²) in [5, 5.41) is 9.57. The molecule has 2 fully saturated rings. The van der Waals surface area contributed by atoms with Crippen molar-refractivity contribution in [1.82, 2.24) is 24.4 Å². The standard InChI is InChI=1S/C28H32N6O5/c1-17-22-16-30-23(31-27(22)34(20-5-3-4-6-20)28(39)26(17)18(2)35)13-19-7-8-21(15-29-19)32-9-11-33(12-10-32)24(36)14-25(37)38/h7-8,15-16,20H,3-6,9-14H2,1-2H3,(H,37,38). The van der Waals surface area contributed by atoms with Gasteiger partial charge in [-0.3, -0.25) is 28.7 Å². The van der Waals surface area contributed by atoms with Gasteiger partial charge in [-0.2, -0.15) is 0 Å². The molecule has 1 aliphatic heterocycles. The quantitative estimate of drug-likeness (QED) is 0.359. The van der Waals surface area contributed by atoms with Gasteiger partial charge in [-0.05, 0) is 44.4 Å². The fraction of sp³-hybridized carbons (Fsp3) is 0.464.